The van der Waals surface area contributed by atoms with Gasteiger partial charge in [0.15, 0.2) is 0 Å². The van der Waals surface area contributed by atoms with Crippen molar-refractivity contribution in [3.05, 3.63) is 64.2 Å². The number of benzene rings is 2. The molecule has 0 fully saturated rings. The zero-order chi connectivity index (χ0) is 14.8. The van der Waals surface area contributed by atoms with Gasteiger partial charge in [0.05, 0.1) is 0 Å². The van der Waals surface area contributed by atoms with E-state index in [4.69, 9.17) is 11.6 Å². The van der Waals surface area contributed by atoms with Gasteiger partial charge >= 0.3 is 0 Å². The number of hydrogen-bond acceptors (Lipinski definition) is 2. The minimum absolute atomic E-state index is 0.338. The van der Waals surface area contributed by atoms with E-state index in [9.17, 15) is 0 Å². The van der Waals surface area contributed by atoms with E-state index in [0.717, 1.165) is 17.2 Å². The Labute approximate surface area is 136 Å². The summed E-state index contributed by atoms with van der Waals surface area (Å²) in [5.74, 6) is 1.16. The minimum atomic E-state index is 0.338. The Bertz CT molecular complexity index is 641. The predicted octanol–water partition coefficient (Wildman–Crippen LogP) is 5.54. The molecule has 3 rings (SSSR count). The highest BCUT2D eigenvalue weighted by atomic mass is 35.5. The van der Waals surface area contributed by atoms with Crippen molar-refractivity contribution in [3.63, 3.8) is 0 Å². The van der Waals surface area contributed by atoms with Crippen molar-refractivity contribution in [1.82, 2.24) is 5.32 Å². The summed E-state index contributed by atoms with van der Waals surface area (Å²) in [5, 5.41) is 4.60. The zero-order valence-electron chi connectivity index (χ0n) is 12.4. The molecule has 1 aliphatic heterocycles. The summed E-state index contributed by atoms with van der Waals surface area (Å²) >= 11 is 8.11. The fourth-order valence-corrected chi connectivity index (χ4v) is 4.16. The molecule has 1 unspecified atom stereocenters. The predicted molar refractivity (Wildman–Crippen MR) is 92.3 cm³/mol. The molecule has 21 heavy (non-hydrogen) atoms. The molecule has 0 amide bonds. The van der Waals surface area contributed by atoms with Crippen molar-refractivity contribution in [1.29, 1.82) is 0 Å². The van der Waals surface area contributed by atoms with Gasteiger partial charge in [0, 0.05) is 22.0 Å². The van der Waals surface area contributed by atoms with Gasteiger partial charge in [-0.15, -0.1) is 11.8 Å². The van der Waals surface area contributed by atoms with E-state index in [1.807, 2.05) is 17.8 Å². The van der Waals surface area contributed by atoms with Crippen LogP contribution in [0.25, 0.3) is 0 Å². The number of hydrogen-bond donors (Lipinski definition) is 1. The summed E-state index contributed by atoms with van der Waals surface area (Å²) in [5.41, 5.74) is 4.00. The van der Waals surface area contributed by atoms with E-state index in [1.165, 1.54) is 21.6 Å². The lowest BCUT2D eigenvalue weighted by molar-refractivity contribution is 0.450. The Morgan fingerprint density at radius 1 is 1.24 bits per heavy atom. The number of thioether (sulfide) groups is 1. The van der Waals surface area contributed by atoms with E-state index in [-0.39, 0.29) is 0 Å². The number of nitrogens with one attached hydrogen (secondary N) is 1. The molecule has 1 heterocycles. The third-order valence-corrected chi connectivity index (χ3v) is 5.36. The Morgan fingerprint density at radius 2 is 2.10 bits per heavy atom. The van der Waals surface area contributed by atoms with Gasteiger partial charge < -0.3 is 5.32 Å². The maximum absolute atomic E-state index is 6.18. The SMILES string of the molecule is Cc1cccc([C@@H](C)NC2CCSc3ccc(Cl)cc32)c1. The highest BCUT2D eigenvalue weighted by molar-refractivity contribution is 7.99. The second-order valence-corrected chi connectivity index (χ2v) is 7.25. The second-order valence-electron chi connectivity index (χ2n) is 5.67. The third-order valence-electron chi connectivity index (χ3n) is 4.00. The molecule has 0 saturated heterocycles. The summed E-state index contributed by atoms with van der Waals surface area (Å²) in [6.07, 6.45) is 1.15. The molecule has 110 valence electrons. The maximum Gasteiger partial charge on any atom is 0.0410 e. The first kappa shape index (κ1) is 15.0. The fraction of sp³-hybridized carbons (Fsp3) is 0.333. The van der Waals surface area contributed by atoms with Crippen LogP contribution < -0.4 is 5.32 Å². The molecule has 2 atom stereocenters. The molecule has 0 spiro atoms. The van der Waals surface area contributed by atoms with Crippen LogP contribution in [0.5, 0.6) is 0 Å². The summed E-state index contributed by atoms with van der Waals surface area (Å²) in [7, 11) is 0. The summed E-state index contributed by atoms with van der Waals surface area (Å²) in [6.45, 7) is 4.38. The largest absolute Gasteiger partial charge is 0.303 e. The monoisotopic (exact) mass is 317 g/mol. The van der Waals surface area contributed by atoms with E-state index in [2.05, 4.69) is 55.6 Å². The first-order valence-electron chi connectivity index (χ1n) is 7.38. The average Bonchev–Trinajstić information content (AvgIpc) is 2.48. The van der Waals surface area contributed by atoms with Crippen LogP contribution in [-0.4, -0.2) is 5.75 Å². The summed E-state index contributed by atoms with van der Waals surface area (Å²) in [4.78, 5) is 1.36. The van der Waals surface area contributed by atoms with E-state index < -0.39 is 0 Å². The van der Waals surface area contributed by atoms with Gasteiger partial charge in [-0.1, -0.05) is 41.4 Å². The third kappa shape index (κ3) is 3.45. The van der Waals surface area contributed by atoms with Crippen LogP contribution in [0.4, 0.5) is 0 Å². The van der Waals surface area contributed by atoms with Crippen molar-refractivity contribution < 1.29 is 0 Å². The molecule has 0 radical (unpaired) electrons. The first-order chi connectivity index (χ1) is 10.1. The lowest BCUT2D eigenvalue weighted by Crippen LogP contribution is -2.27. The van der Waals surface area contributed by atoms with Crippen molar-refractivity contribution in [2.45, 2.75) is 37.2 Å². The zero-order valence-corrected chi connectivity index (χ0v) is 14.0. The van der Waals surface area contributed by atoms with Crippen LogP contribution >= 0.6 is 23.4 Å². The van der Waals surface area contributed by atoms with Crippen molar-refractivity contribution in [3.8, 4) is 0 Å². The first-order valence-corrected chi connectivity index (χ1v) is 8.75. The van der Waals surface area contributed by atoms with Gasteiger partial charge in [-0.25, -0.2) is 0 Å². The van der Waals surface area contributed by atoms with Crippen molar-refractivity contribution in [2.75, 3.05) is 5.75 Å². The highest BCUT2D eigenvalue weighted by Gasteiger charge is 2.22. The quantitative estimate of drug-likeness (QED) is 0.798. The van der Waals surface area contributed by atoms with Crippen LogP contribution in [-0.2, 0) is 0 Å². The minimum Gasteiger partial charge on any atom is -0.303 e. The standard InChI is InChI=1S/C18H20ClNS/c1-12-4-3-5-14(10-12)13(2)20-17-8-9-21-18-7-6-15(19)11-16(17)18/h3-7,10-11,13,17,20H,8-9H2,1-2H3/t13-,17?/m1/s1. The smallest absolute Gasteiger partial charge is 0.0410 e. The van der Waals surface area contributed by atoms with Gasteiger partial charge in [0.2, 0.25) is 0 Å². The Morgan fingerprint density at radius 3 is 2.90 bits per heavy atom. The summed E-state index contributed by atoms with van der Waals surface area (Å²) in [6, 6.07) is 15.7. The molecule has 0 saturated carbocycles. The van der Waals surface area contributed by atoms with Gasteiger partial charge in [-0.3, -0.25) is 0 Å². The molecular formula is C18H20ClNS. The molecule has 2 aromatic rings. The molecule has 1 N–H and O–H groups in total. The lowest BCUT2D eigenvalue weighted by atomic mass is 10.00. The van der Waals surface area contributed by atoms with Crippen LogP contribution in [0.15, 0.2) is 47.4 Å². The fourth-order valence-electron chi connectivity index (χ4n) is 2.88. The topological polar surface area (TPSA) is 12.0 Å². The number of aryl methyl sites for hydroxylation is 1. The van der Waals surface area contributed by atoms with Crippen LogP contribution in [0.3, 0.4) is 0 Å². The van der Waals surface area contributed by atoms with Gasteiger partial charge in [-0.05, 0) is 55.3 Å². The molecule has 2 aromatic carbocycles. The Hall–Kier alpha value is -0.960. The number of halogens is 1. The molecule has 1 nitrogen and oxygen atoms in total. The van der Waals surface area contributed by atoms with E-state index in [1.54, 1.807) is 0 Å². The molecule has 0 aliphatic carbocycles. The Kier molecular flexibility index (Phi) is 4.58. The van der Waals surface area contributed by atoms with Crippen molar-refractivity contribution >= 4 is 23.4 Å². The molecule has 1 aliphatic rings. The number of fused-ring (bicyclic) bond motifs is 1. The lowest BCUT2D eigenvalue weighted by Gasteiger charge is -2.29. The Balaban J connectivity index is 1.81. The highest BCUT2D eigenvalue weighted by Crippen LogP contribution is 2.38. The molecule has 3 heteroatoms. The van der Waals surface area contributed by atoms with Crippen molar-refractivity contribution in [2.24, 2.45) is 0 Å². The van der Waals surface area contributed by atoms with Crippen LogP contribution in [0, 0.1) is 6.92 Å². The van der Waals surface area contributed by atoms with E-state index >= 15 is 0 Å². The van der Waals surface area contributed by atoms with Crippen LogP contribution in [0.1, 0.15) is 42.1 Å². The van der Waals surface area contributed by atoms with Gasteiger partial charge in [0.1, 0.15) is 0 Å². The normalized spacial score (nSPS) is 19.1. The number of rotatable bonds is 3. The summed E-state index contributed by atoms with van der Waals surface area (Å²) < 4.78 is 0. The maximum atomic E-state index is 6.18. The van der Waals surface area contributed by atoms with E-state index in [0.29, 0.717) is 12.1 Å². The average molecular weight is 318 g/mol. The molecule has 0 bridgehead atoms. The van der Waals surface area contributed by atoms with Gasteiger partial charge in [-0.2, -0.15) is 0 Å². The van der Waals surface area contributed by atoms with Gasteiger partial charge in [0.25, 0.3) is 0 Å². The molecule has 0 aromatic heterocycles. The van der Waals surface area contributed by atoms with Crippen LogP contribution in [0.2, 0.25) is 5.02 Å². The second kappa shape index (κ2) is 6.43. The molecular weight excluding hydrogens is 298 g/mol.